The molecule has 0 atom stereocenters. The molecular formula is C26H26N4O2. The summed E-state index contributed by atoms with van der Waals surface area (Å²) in [4.78, 5) is 17.3. The van der Waals surface area contributed by atoms with Crippen LogP contribution in [0.1, 0.15) is 34.0 Å². The number of hydrogen-bond acceptors (Lipinski definition) is 4. The van der Waals surface area contributed by atoms with Gasteiger partial charge in [-0.25, -0.2) is 4.98 Å². The summed E-state index contributed by atoms with van der Waals surface area (Å²) in [5, 5.41) is 9.43. The Labute approximate surface area is 187 Å². The van der Waals surface area contributed by atoms with Crippen LogP contribution in [0.5, 0.6) is 5.75 Å². The lowest BCUT2D eigenvalue weighted by Crippen LogP contribution is -2.25. The number of rotatable bonds is 6. The van der Waals surface area contributed by atoms with Gasteiger partial charge in [0.05, 0.1) is 6.61 Å². The minimum absolute atomic E-state index is 0.0613. The molecule has 6 nitrogen and oxygen atoms in total. The van der Waals surface area contributed by atoms with Gasteiger partial charge in [0.1, 0.15) is 17.4 Å². The normalized spacial score (nSPS) is 12.6. The predicted octanol–water partition coefficient (Wildman–Crippen LogP) is 4.47. The molecule has 6 heteroatoms. The van der Waals surface area contributed by atoms with Crippen molar-refractivity contribution in [1.29, 1.82) is 0 Å². The molecule has 0 bridgehead atoms. The third-order valence-corrected chi connectivity index (χ3v) is 5.97. The number of benzene rings is 3. The summed E-state index contributed by atoms with van der Waals surface area (Å²) in [6, 6.07) is 18.3. The van der Waals surface area contributed by atoms with E-state index in [1.165, 1.54) is 5.56 Å². The van der Waals surface area contributed by atoms with E-state index in [1.54, 1.807) is 0 Å². The molecule has 0 aliphatic carbocycles. The number of nitrogens with one attached hydrogen (secondary N) is 1. The average Bonchev–Trinajstić information content (AvgIpc) is 3.41. The minimum atomic E-state index is -0.0613. The minimum Gasteiger partial charge on any atom is -0.492 e. The van der Waals surface area contributed by atoms with E-state index in [-0.39, 0.29) is 5.91 Å². The molecule has 0 saturated heterocycles. The second kappa shape index (κ2) is 8.46. The molecule has 1 N–H and O–H groups in total. The van der Waals surface area contributed by atoms with E-state index in [2.05, 4.69) is 45.7 Å². The van der Waals surface area contributed by atoms with Crippen LogP contribution in [-0.2, 0) is 13.0 Å². The number of para-hydroxylation sites is 1. The zero-order chi connectivity index (χ0) is 22.1. The fraction of sp³-hybridized carbons (Fsp3) is 0.269. The molecule has 1 aromatic heterocycles. The van der Waals surface area contributed by atoms with E-state index < -0.39 is 0 Å². The quantitative estimate of drug-likeness (QED) is 0.462. The predicted molar refractivity (Wildman–Crippen MR) is 125 cm³/mol. The maximum atomic E-state index is 13.0. The second-order valence-corrected chi connectivity index (χ2v) is 8.14. The lowest BCUT2D eigenvalue weighted by Gasteiger charge is -2.13. The zero-order valence-electron chi connectivity index (χ0n) is 18.4. The molecule has 0 fully saturated rings. The third kappa shape index (κ3) is 3.73. The van der Waals surface area contributed by atoms with Crippen molar-refractivity contribution in [2.45, 2.75) is 33.2 Å². The van der Waals surface area contributed by atoms with Crippen molar-refractivity contribution < 1.29 is 9.53 Å². The van der Waals surface area contributed by atoms with E-state index >= 15 is 0 Å². The summed E-state index contributed by atoms with van der Waals surface area (Å²) in [6.45, 7) is 5.85. The lowest BCUT2D eigenvalue weighted by atomic mass is 9.94. The summed E-state index contributed by atoms with van der Waals surface area (Å²) < 4.78 is 7.81. The molecular weight excluding hydrogens is 400 g/mol. The molecule has 2 heterocycles. The van der Waals surface area contributed by atoms with Crippen molar-refractivity contribution in [3.8, 4) is 16.9 Å². The number of ether oxygens (including phenoxy) is 1. The summed E-state index contributed by atoms with van der Waals surface area (Å²) in [5.74, 6) is 2.57. The van der Waals surface area contributed by atoms with Crippen LogP contribution >= 0.6 is 0 Å². The monoisotopic (exact) mass is 426 g/mol. The maximum absolute atomic E-state index is 13.0. The molecule has 1 amide bonds. The number of amides is 1. The molecule has 162 valence electrons. The van der Waals surface area contributed by atoms with Gasteiger partial charge in [-0.15, -0.1) is 0 Å². The van der Waals surface area contributed by atoms with Crippen molar-refractivity contribution in [2.75, 3.05) is 13.2 Å². The highest BCUT2D eigenvalue weighted by atomic mass is 16.5. The largest absolute Gasteiger partial charge is 0.492 e. The summed E-state index contributed by atoms with van der Waals surface area (Å²) in [7, 11) is 0. The Morgan fingerprint density at radius 2 is 1.81 bits per heavy atom. The number of aromatic nitrogens is 3. The van der Waals surface area contributed by atoms with Gasteiger partial charge in [-0.05, 0) is 48.2 Å². The smallest absolute Gasteiger partial charge is 0.251 e. The topological polar surface area (TPSA) is 69.0 Å². The van der Waals surface area contributed by atoms with Gasteiger partial charge in [-0.3, -0.25) is 9.48 Å². The van der Waals surface area contributed by atoms with E-state index in [0.717, 1.165) is 65.3 Å². The first-order valence-electron chi connectivity index (χ1n) is 11.0. The Morgan fingerprint density at radius 3 is 2.66 bits per heavy atom. The van der Waals surface area contributed by atoms with Crippen LogP contribution in [0, 0.1) is 13.8 Å². The Kier molecular flexibility index (Phi) is 5.35. The van der Waals surface area contributed by atoms with Gasteiger partial charge in [0.2, 0.25) is 0 Å². The van der Waals surface area contributed by atoms with E-state index in [9.17, 15) is 4.79 Å². The summed E-state index contributed by atoms with van der Waals surface area (Å²) in [5.41, 5.74) is 4.10. The number of fused-ring (bicyclic) bond motifs is 2. The Balaban J connectivity index is 1.37. The Hall–Kier alpha value is -3.67. The fourth-order valence-electron chi connectivity index (χ4n) is 4.47. The number of carbonyl (C=O) groups excluding carboxylic acids is 1. The molecule has 0 unspecified atom stereocenters. The maximum Gasteiger partial charge on any atom is 0.251 e. The summed E-state index contributed by atoms with van der Waals surface area (Å²) in [6.07, 6.45) is 1.73. The molecule has 4 aromatic rings. The van der Waals surface area contributed by atoms with Gasteiger partial charge >= 0.3 is 0 Å². The number of carbonyl (C=O) groups is 1. The lowest BCUT2D eigenvalue weighted by molar-refractivity contribution is 0.0954. The molecule has 3 aromatic carbocycles. The number of aryl methyl sites for hydroxylation is 3. The van der Waals surface area contributed by atoms with Crippen LogP contribution in [0.2, 0.25) is 0 Å². The van der Waals surface area contributed by atoms with Crippen LogP contribution in [0.25, 0.3) is 21.9 Å². The Bertz CT molecular complexity index is 1310. The molecule has 0 spiro atoms. The molecule has 5 rings (SSSR count). The van der Waals surface area contributed by atoms with Crippen LogP contribution in [-0.4, -0.2) is 33.8 Å². The van der Waals surface area contributed by atoms with Gasteiger partial charge in [0, 0.05) is 30.6 Å². The van der Waals surface area contributed by atoms with Crippen molar-refractivity contribution in [1.82, 2.24) is 20.1 Å². The zero-order valence-corrected chi connectivity index (χ0v) is 18.4. The highest BCUT2D eigenvalue weighted by Crippen LogP contribution is 2.40. The van der Waals surface area contributed by atoms with Crippen molar-refractivity contribution >= 4 is 16.7 Å². The highest BCUT2D eigenvalue weighted by molar-refractivity contribution is 6.10. The van der Waals surface area contributed by atoms with Crippen molar-refractivity contribution in [3.63, 3.8) is 0 Å². The van der Waals surface area contributed by atoms with Gasteiger partial charge in [0.25, 0.3) is 5.91 Å². The summed E-state index contributed by atoms with van der Waals surface area (Å²) >= 11 is 0. The van der Waals surface area contributed by atoms with Crippen molar-refractivity contribution in [2.24, 2.45) is 0 Å². The SMILES string of the molecule is Cc1nc(C)n(CCCNC(=O)c2cccc3c(-c4cccc5c4OCC5)cccc23)n1. The third-order valence-electron chi connectivity index (χ3n) is 5.97. The van der Waals surface area contributed by atoms with Crippen molar-refractivity contribution in [3.05, 3.63) is 77.4 Å². The highest BCUT2D eigenvalue weighted by Gasteiger charge is 2.19. The van der Waals surface area contributed by atoms with Gasteiger partial charge in [-0.2, -0.15) is 5.10 Å². The first-order chi connectivity index (χ1) is 15.6. The van der Waals surface area contributed by atoms with Crippen LogP contribution in [0.3, 0.4) is 0 Å². The average molecular weight is 427 g/mol. The van der Waals surface area contributed by atoms with E-state index in [1.807, 2.05) is 42.8 Å². The van der Waals surface area contributed by atoms with Gasteiger partial charge in [0.15, 0.2) is 0 Å². The first-order valence-corrected chi connectivity index (χ1v) is 11.0. The van der Waals surface area contributed by atoms with Gasteiger partial charge < -0.3 is 10.1 Å². The van der Waals surface area contributed by atoms with Crippen LogP contribution < -0.4 is 10.1 Å². The van der Waals surface area contributed by atoms with Crippen LogP contribution in [0.4, 0.5) is 0 Å². The molecule has 32 heavy (non-hydrogen) atoms. The fourth-order valence-corrected chi connectivity index (χ4v) is 4.47. The van der Waals surface area contributed by atoms with Gasteiger partial charge in [-0.1, -0.05) is 48.5 Å². The number of hydrogen-bond donors (Lipinski definition) is 1. The second-order valence-electron chi connectivity index (χ2n) is 8.14. The van der Waals surface area contributed by atoms with E-state index in [4.69, 9.17) is 4.74 Å². The molecule has 0 saturated carbocycles. The van der Waals surface area contributed by atoms with Crippen LogP contribution in [0.15, 0.2) is 54.6 Å². The van der Waals surface area contributed by atoms with E-state index in [0.29, 0.717) is 12.1 Å². The molecule has 0 radical (unpaired) electrons. The number of nitrogens with zero attached hydrogens (tertiary/aromatic N) is 3. The Morgan fingerprint density at radius 1 is 1.03 bits per heavy atom. The molecule has 1 aliphatic rings. The first kappa shape index (κ1) is 20.2. The molecule has 1 aliphatic heterocycles. The standard InChI is InChI=1S/C26H26N4O2/c1-17-28-18(2)30(29-17)15-6-14-27-26(31)24-12-5-8-20-21(9-4-10-22(20)24)23-11-3-7-19-13-16-32-25(19)23/h3-5,7-12H,6,13-16H2,1-2H3,(H,27,31).